The fraction of sp³-hybridized carbons (Fsp3) is 0.438. The average Bonchev–Trinajstić information content (AvgIpc) is 2.46. The van der Waals surface area contributed by atoms with Crippen LogP contribution in [0.1, 0.15) is 38.7 Å². The number of carbonyl (C=O) groups is 1. The first-order valence-corrected chi connectivity index (χ1v) is 6.55. The highest BCUT2D eigenvalue weighted by Gasteiger charge is 1.81. The topological polar surface area (TPSA) is 46.5 Å². The fourth-order valence-electron chi connectivity index (χ4n) is 0.969. The Kier molecular flexibility index (Phi) is 19.5. The van der Waals surface area contributed by atoms with Gasteiger partial charge in [-0.2, -0.15) is 0 Å². The highest BCUT2D eigenvalue weighted by molar-refractivity contribution is 5.48. The molecule has 0 radical (unpaired) electrons. The molecule has 0 aliphatic carbocycles. The smallest absolute Gasteiger partial charge is 0.290 e. The summed E-state index contributed by atoms with van der Waals surface area (Å²) in [6.45, 7) is 4.91. The number of benzene rings is 1. The van der Waals surface area contributed by atoms with Gasteiger partial charge in [-0.1, -0.05) is 69.2 Å². The first kappa shape index (κ1) is 19.7. The van der Waals surface area contributed by atoms with Crippen LogP contribution in [0, 0.1) is 0 Å². The lowest BCUT2D eigenvalue weighted by Crippen LogP contribution is -1.83. The Bertz CT molecular complexity index is 292. The molecule has 0 saturated carbocycles. The number of unbranched alkanes of at least 4 members (excludes halogenated alkanes) is 1. The van der Waals surface area contributed by atoms with Crippen LogP contribution in [0.3, 0.4) is 0 Å². The van der Waals surface area contributed by atoms with E-state index < -0.39 is 0 Å². The molecule has 0 aromatic heterocycles. The van der Waals surface area contributed by atoms with Crippen LogP contribution in [0.15, 0.2) is 36.4 Å². The van der Waals surface area contributed by atoms with Gasteiger partial charge >= 0.3 is 0 Å². The van der Waals surface area contributed by atoms with Crippen molar-refractivity contribution in [3.63, 3.8) is 0 Å². The van der Waals surface area contributed by atoms with Crippen LogP contribution in [0.2, 0.25) is 0 Å². The third-order valence-corrected chi connectivity index (χ3v) is 2.10. The summed E-state index contributed by atoms with van der Waals surface area (Å²) in [5, 5.41) is 6.89. The van der Waals surface area contributed by atoms with Gasteiger partial charge in [0.1, 0.15) is 0 Å². The van der Waals surface area contributed by atoms with E-state index >= 15 is 0 Å². The first-order chi connectivity index (χ1) is 9.26. The molecule has 0 amide bonds. The Morgan fingerprint density at radius 2 is 1.68 bits per heavy atom. The zero-order valence-electron chi connectivity index (χ0n) is 12.2. The van der Waals surface area contributed by atoms with E-state index in [4.69, 9.17) is 14.6 Å². The highest BCUT2D eigenvalue weighted by atomic mass is 16.5. The molecular weight excluding hydrogens is 240 g/mol. The second-order valence-corrected chi connectivity index (χ2v) is 3.70. The van der Waals surface area contributed by atoms with Crippen LogP contribution in [-0.4, -0.2) is 25.3 Å². The third-order valence-electron chi connectivity index (χ3n) is 2.10. The predicted octanol–water partition coefficient (Wildman–Crippen LogP) is 4.24. The van der Waals surface area contributed by atoms with Crippen molar-refractivity contribution in [2.24, 2.45) is 0 Å². The molecule has 0 spiro atoms. The summed E-state index contributed by atoms with van der Waals surface area (Å²) >= 11 is 0. The van der Waals surface area contributed by atoms with Crippen molar-refractivity contribution in [3.8, 4) is 0 Å². The lowest BCUT2D eigenvalue weighted by molar-refractivity contribution is -0.122. The van der Waals surface area contributed by atoms with Crippen LogP contribution in [0.5, 0.6) is 0 Å². The van der Waals surface area contributed by atoms with Gasteiger partial charge in [-0.15, -0.1) is 0 Å². The number of carboxylic acid groups (broad SMARTS) is 1. The van der Waals surface area contributed by atoms with Crippen molar-refractivity contribution < 1.29 is 14.6 Å². The molecule has 0 bridgehead atoms. The van der Waals surface area contributed by atoms with Crippen LogP contribution in [0.25, 0.3) is 6.08 Å². The standard InChI is InChI=1S/C11H14O.C4H10.CH2O2/c1-12-10-6-5-9-11-7-3-2-4-8-11;1-3-4-2;2-1-3/h2-5,7-9H,6,10H2,1H3;3-4H2,1-2H3;1H,(H,2,3)/b9-5-;;. The Balaban J connectivity index is 0. The average molecular weight is 266 g/mol. The summed E-state index contributed by atoms with van der Waals surface area (Å²) in [5.41, 5.74) is 1.24. The molecule has 3 nitrogen and oxygen atoms in total. The van der Waals surface area contributed by atoms with Crippen molar-refractivity contribution in [2.45, 2.75) is 33.1 Å². The normalized spacial score (nSPS) is 9.00. The van der Waals surface area contributed by atoms with E-state index in [2.05, 4.69) is 38.1 Å². The van der Waals surface area contributed by atoms with Gasteiger partial charge in [-0.3, -0.25) is 4.79 Å². The lowest BCUT2D eigenvalue weighted by Gasteiger charge is -1.92. The minimum Gasteiger partial charge on any atom is -0.483 e. The number of hydrogen-bond acceptors (Lipinski definition) is 2. The monoisotopic (exact) mass is 266 g/mol. The molecule has 0 atom stereocenters. The van der Waals surface area contributed by atoms with Gasteiger partial charge < -0.3 is 9.84 Å². The van der Waals surface area contributed by atoms with Crippen LogP contribution >= 0.6 is 0 Å². The minimum absolute atomic E-state index is 0.250. The van der Waals surface area contributed by atoms with E-state index in [1.165, 1.54) is 18.4 Å². The van der Waals surface area contributed by atoms with Crippen molar-refractivity contribution >= 4 is 12.5 Å². The summed E-state index contributed by atoms with van der Waals surface area (Å²) in [6.07, 6.45) is 7.85. The van der Waals surface area contributed by atoms with Gasteiger partial charge in [-0.05, 0) is 12.0 Å². The molecule has 1 aromatic carbocycles. The highest BCUT2D eigenvalue weighted by Crippen LogP contribution is 2.01. The lowest BCUT2D eigenvalue weighted by atomic mass is 10.2. The number of rotatable bonds is 5. The Morgan fingerprint density at radius 1 is 1.16 bits per heavy atom. The molecule has 0 unspecified atom stereocenters. The molecule has 1 aromatic rings. The largest absolute Gasteiger partial charge is 0.483 e. The molecule has 3 heteroatoms. The predicted molar refractivity (Wildman–Crippen MR) is 81.2 cm³/mol. The Morgan fingerprint density at radius 3 is 2.11 bits per heavy atom. The summed E-state index contributed by atoms with van der Waals surface area (Å²) < 4.78 is 4.93. The number of methoxy groups -OCH3 is 1. The SMILES string of the molecule is CCCC.COCC/C=C\c1ccccc1.O=CO. The fourth-order valence-corrected chi connectivity index (χ4v) is 0.969. The van der Waals surface area contributed by atoms with Crippen LogP contribution in [0.4, 0.5) is 0 Å². The van der Waals surface area contributed by atoms with Crippen molar-refractivity contribution in [2.75, 3.05) is 13.7 Å². The van der Waals surface area contributed by atoms with Crippen molar-refractivity contribution in [1.82, 2.24) is 0 Å². The summed E-state index contributed by atoms with van der Waals surface area (Å²) in [6, 6.07) is 10.3. The van der Waals surface area contributed by atoms with E-state index in [1.807, 2.05) is 18.2 Å². The number of ether oxygens (including phenoxy) is 1. The molecule has 108 valence electrons. The summed E-state index contributed by atoms with van der Waals surface area (Å²) in [5.74, 6) is 0. The molecule has 0 fully saturated rings. The maximum atomic E-state index is 8.36. The quantitative estimate of drug-likeness (QED) is 0.640. The number of hydrogen-bond donors (Lipinski definition) is 1. The second kappa shape index (κ2) is 18.7. The van der Waals surface area contributed by atoms with E-state index in [1.54, 1.807) is 7.11 Å². The maximum Gasteiger partial charge on any atom is 0.290 e. The van der Waals surface area contributed by atoms with E-state index in [9.17, 15) is 0 Å². The van der Waals surface area contributed by atoms with E-state index in [0.29, 0.717) is 0 Å². The molecule has 1 N–H and O–H groups in total. The van der Waals surface area contributed by atoms with E-state index in [0.717, 1.165) is 13.0 Å². The third kappa shape index (κ3) is 18.9. The van der Waals surface area contributed by atoms with Crippen molar-refractivity contribution in [1.29, 1.82) is 0 Å². The Hall–Kier alpha value is -1.61. The van der Waals surface area contributed by atoms with Gasteiger partial charge in [0, 0.05) is 13.7 Å². The summed E-state index contributed by atoms with van der Waals surface area (Å²) in [4.78, 5) is 8.36. The first-order valence-electron chi connectivity index (χ1n) is 6.55. The van der Waals surface area contributed by atoms with Gasteiger partial charge in [-0.25, -0.2) is 0 Å². The molecule has 1 rings (SSSR count). The molecule has 19 heavy (non-hydrogen) atoms. The van der Waals surface area contributed by atoms with Gasteiger partial charge in [0.15, 0.2) is 0 Å². The molecule has 0 aliphatic rings. The molecular formula is C16H26O3. The maximum absolute atomic E-state index is 8.36. The van der Waals surface area contributed by atoms with Crippen LogP contribution < -0.4 is 0 Å². The van der Waals surface area contributed by atoms with Gasteiger partial charge in [0.2, 0.25) is 0 Å². The summed E-state index contributed by atoms with van der Waals surface area (Å²) in [7, 11) is 1.72. The minimum atomic E-state index is -0.250. The molecule has 0 saturated heterocycles. The zero-order valence-corrected chi connectivity index (χ0v) is 12.2. The molecule has 0 heterocycles. The van der Waals surface area contributed by atoms with Gasteiger partial charge in [0.05, 0.1) is 0 Å². The van der Waals surface area contributed by atoms with Gasteiger partial charge in [0.25, 0.3) is 6.47 Å². The second-order valence-electron chi connectivity index (χ2n) is 3.70. The molecule has 0 aliphatic heterocycles. The van der Waals surface area contributed by atoms with E-state index in [-0.39, 0.29) is 6.47 Å². The van der Waals surface area contributed by atoms with Crippen molar-refractivity contribution in [3.05, 3.63) is 42.0 Å². The Labute approximate surface area is 116 Å². The van der Waals surface area contributed by atoms with Crippen LogP contribution in [-0.2, 0) is 9.53 Å². The zero-order chi connectivity index (χ0) is 14.8.